The molecule has 0 aliphatic heterocycles. The summed E-state index contributed by atoms with van der Waals surface area (Å²) >= 11 is 1.79. The summed E-state index contributed by atoms with van der Waals surface area (Å²) in [5.41, 5.74) is 3.34. The van der Waals surface area contributed by atoms with E-state index in [0.717, 1.165) is 30.8 Å². The Balaban J connectivity index is 2.39. The summed E-state index contributed by atoms with van der Waals surface area (Å²) in [5, 5.41) is 14.3. The number of hydrogen-bond acceptors (Lipinski definition) is 4. The molecule has 1 unspecified atom stereocenters. The van der Waals surface area contributed by atoms with Crippen molar-refractivity contribution in [3.8, 4) is 0 Å². The maximum atomic E-state index is 4.35. The van der Waals surface area contributed by atoms with E-state index in [1.54, 1.807) is 11.3 Å². The number of rotatable bonds is 6. The van der Waals surface area contributed by atoms with E-state index in [4.69, 9.17) is 0 Å². The molecule has 2 aromatic heterocycles. The molecule has 2 heterocycles. The van der Waals surface area contributed by atoms with Gasteiger partial charge < -0.3 is 5.32 Å². The first-order chi connectivity index (χ1) is 9.26. The van der Waals surface area contributed by atoms with Crippen LogP contribution in [-0.4, -0.2) is 16.7 Å². The molecule has 0 spiro atoms. The van der Waals surface area contributed by atoms with E-state index in [0.29, 0.717) is 0 Å². The fraction of sp³-hybridized carbons (Fsp3) is 0.467. The van der Waals surface area contributed by atoms with Crippen LogP contribution in [0.5, 0.6) is 0 Å². The van der Waals surface area contributed by atoms with E-state index in [1.165, 1.54) is 10.4 Å². The summed E-state index contributed by atoms with van der Waals surface area (Å²) < 4.78 is 0. The lowest BCUT2D eigenvalue weighted by molar-refractivity contribution is 0.595. The van der Waals surface area contributed by atoms with Crippen molar-refractivity contribution in [1.29, 1.82) is 0 Å². The van der Waals surface area contributed by atoms with Gasteiger partial charge in [-0.3, -0.25) is 0 Å². The molecule has 2 aromatic rings. The van der Waals surface area contributed by atoms with Crippen LogP contribution >= 0.6 is 11.3 Å². The number of thiophene rings is 1. The standard InChI is InChI=1S/C15H21N3S/c1-4-8-16-15(14-7-6-9-19-14)12-10-11(3)17-18-13(12)5-2/h6-7,9-10,15-16H,4-5,8H2,1-3H3. The molecule has 0 aliphatic rings. The molecule has 0 radical (unpaired) electrons. The van der Waals surface area contributed by atoms with Crippen LogP contribution < -0.4 is 5.32 Å². The van der Waals surface area contributed by atoms with E-state index in [-0.39, 0.29) is 6.04 Å². The number of nitrogens with one attached hydrogen (secondary N) is 1. The van der Waals surface area contributed by atoms with Crippen LogP contribution in [0.25, 0.3) is 0 Å². The molecule has 102 valence electrons. The van der Waals surface area contributed by atoms with Gasteiger partial charge in [0.2, 0.25) is 0 Å². The van der Waals surface area contributed by atoms with E-state index in [2.05, 4.69) is 52.9 Å². The molecule has 0 saturated heterocycles. The average molecular weight is 275 g/mol. The Hall–Kier alpha value is -1.26. The van der Waals surface area contributed by atoms with Crippen LogP contribution in [0.15, 0.2) is 23.6 Å². The monoisotopic (exact) mass is 275 g/mol. The highest BCUT2D eigenvalue weighted by Gasteiger charge is 2.18. The molecular formula is C15H21N3S. The van der Waals surface area contributed by atoms with Gasteiger partial charge in [0.25, 0.3) is 0 Å². The Bertz CT molecular complexity index is 508. The maximum absolute atomic E-state index is 4.35. The number of aromatic nitrogens is 2. The molecule has 1 N–H and O–H groups in total. The van der Waals surface area contributed by atoms with Gasteiger partial charge in [0.1, 0.15) is 0 Å². The van der Waals surface area contributed by atoms with Crippen molar-refractivity contribution in [3.05, 3.63) is 45.4 Å². The molecule has 4 heteroatoms. The zero-order valence-corrected chi connectivity index (χ0v) is 12.6. The molecule has 0 bridgehead atoms. The first-order valence-corrected chi connectivity index (χ1v) is 7.74. The second-order valence-corrected chi connectivity index (χ2v) is 5.62. The third-order valence-electron chi connectivity index (χ3n) is 3.10. The Morgan fingerprint density at radius 3 is 2.79 bits per heavy atom. The second-order valence-electron chi connectivity index (χ2n) is 4.64. The van der Waals surface area contributed by atoms with Crippen molar-refractivity contribution in [2.75, 3.05) is 6.54 Å². The Kier molecular flexibility index (Phi) is 5.05. The molecule has 2 rings (SSSR count). The Morgan fingerprint density at radius 2 is 2.16 bits per heavy atom. The molecular weight excluding hydrogens is 254 g/mol. The van der Waals surface area contributed by atoms with Crippen molar-refractivity contribution in [2.45, 2.75) is 39.7 Å². The van der Waals surface area contributed by atoms with Gasteiger partial charge in [0.05, 0.1) is 17.4 Å². The van der Waals surface area contributed by atoms with Gasteiger partial charge in [0, 0.05) is 4.88 Å². The van der Waals surface area contributed by atoms with Gasteiger partial charge in [0.15, 0.2) is 0 Å². The zero-order valence-electron chi connectivity index (χ0n) is 11.8. The highest BCUT2D eigenvalue weighted by atomic mass is 32.1. The van der Waals surface area contributed by atoms with Crippen molar-refractivity contribution in [3.63, 3.8) is 0 Å². The first-order valence-electron chi connectivity index (χ1n) is 6.86. The van der Waals surface area contributed by atoms with Crippen molar-refractivity contribution in [1.82, 2.24) is 15.5 Å². The predicted octanol–water partition coefficient (Wildman–Crippen LogP) is 3.50. The van der Waals surface area contributed by atoms with Crippen LogP contribution in [0.4, 0.5) is 0 Å². The molecule has 0 aromatic carbocycles. The van der Waals surface area contributed by atoms with Gasteiger partial charge in [-0.2, -0.15) is 10.2 Å². The maximum Gasteiger partial charge on any atom is 0.0690 e. The van der Waals surface area contributed by atoms with Crippen LogP contribution in [-0.2, 0) is 6.42 Å². The van der Waals surface area contributed by atoms with Crippen LogP contribution in [0.3, 0.4) is 0 Å². The average Bonchev–Trinajstić information content (AvgIpc) is 2.93. The summed E-state index contributed by atoms with van der Waals surface area (Å²) in [4.78, 5) is 1.34. The summed E-state index contributed by atoms with van der Waals surface area (Å²) in [6.07, 6.45) is 2.04. The van der Waals surface area contributed by atoms with Crippen molar-refractivity contribution < 1.29 is 0 Å². The largest absolute Gasteiger partial charge is 0.306 e. The Labute approximate surface area is 119 Å². The molecule has 3 nitrogen and oxygen atoms in total. The summed E-state index contributed by atoms with van der Waals surface area (Å²) in [6.45, 7) is 7.33. The van der Waals surface area contributed by atoms with E-state index in [9.17, 15) is 0 Å². The molecule has 0 saturated carbocycles. The summed E-state index contributed by atoms with van der Waals surface area (Å²) in [7, 11) is 0. The quantitative estimate of drug-likeness (QED) is 0.877. The predicted molar refractivity (Wildman–Crippen MR) is 80.6 cm³/mol. The van der Waals surface area contributed by atoms with E-state index in [1.807, 2.05) is 6.92 Å². The smallest absolute Gasteiger partial charge is 0.0690 e. The lowest BCUT2D eigenvalue weighted by Gasteiger charge is -2.20. The third kappa shape index (κ3) is 3.39. The summed E-state index contributed by atoms with van der Waals surface area (Å²) in [6, 6.07) is 6.70. The normalized spacial score (nSPS) is 12.6. The van der Waals surface area contributed by atoms with E-state index >= 15 is 0 Å². The lowest BCUT2D eigenvalue weighted by atomic mass is 10.0. The minimum Gasteiger partial charge on any atom is -0.306 e. The van der Waals surface area contributed by atoms with Crippen LogP contribution in [0.1, 0.15) is 48.1 Å². The minimum absolute atomic E-state index is 0.240. The van der Waals surface area contributed by atoms with Crippen LogP contribution in [0, 0.1) is 6.92 Å². The zero-order chi connectivity index (χ0) is 13.7. The number of hydrogen-bond donors (Lipinski definition) is 1. The molecule has 1 atom stereocenters. The molecule has 0 fully saturated rings. The second kappa shape index (κ2) is 6.78. The van der Waals surface area contributed by atoms with Crippen LogP contribution in [0.2, 0.25) is 0 Å². The van der Waals surface area contributed by atoms with Gasteiger partial charge in [-0.05, 0) is 49.4 Å². The third-order valence-corrected chi connectivity index (χ3v) is 4.04. The highest BCUT2D eigenvalue weighted by molar-refractivity contribution is 7.10. The van der Waals surface area contributed by atoms with Gasteiger partial charge >= 0.3 is 0 Å². The number of nitrogens with zero attached hydrogens (tertiary/aromatic N) is 2. The fourth-order valence-electron chi connectivity index (χ4n) is 2.17. The van der Waals surface area contributed by atoms with E-state index < -0.39 is 0 Å². The minimum atomic E-state index is 0.240. The fourth-order valence-corrected chi connectivity index (χ4v) is 2.98. The lowest BCUT2D eigenvalue weighted by Crippen LogP contribution is -2.24. The van der Waals surface area contributed by atoms with Crippen molar-refractivity contribution >= 4 is 11.3 Å². The Morgan fingerprint density at radius 1 is 1.32 bits per heavy atom. The highest BCUT2D eigenvalue weighted by Crippen LogP contribution is 2.28. The van der Waals surface area contributed by atoms with Gasteiger partial charge in [-0.15, -0.1) is 11.3 Å². The SMILES string of the molecule is CCCNC(c1cccs1)c1cc(C)nnc1CC. The van der Waals surface area contributed by atoms with Crippen molar-refractivity contribution in [2.24, 2.45) is 0 Å². The molecule has 0 aliphatic carbocycles. The molecule has 19 heavy (non-hydrogen) atoms. The first kappa shape index (κ1) is 14.2. The topological polar surface area (TPSA) is 37.8 Å². The summed E-state index contributed by atoms with van der Waals surface area (Å²) in [5.74, 6) is 0. The number of aryl methyl sites for hydroxylation is 2. The van der Waals surface area contributed by atoms with Gasteiger partial charge in [-0.1, -0.05) is 19.9 Å². The van der Waals surface area contributed by atoms with Gasteiger partial charge in [-0.25, -0.2) is 0 Å². The molecule has 0 amide bonds.